The van der Waals surface area contributed by atoms with Gasteiger partial charge >= 0.3 is 0 Å². The standard InChI is InChI=1S/C25H43N3O3/c1-5-7-20-16(2)9-11-21(26-20)19-10-12-22-23(14-19)27(15-17(3)28(22)18(4)29)25(30)24-8-6-13-31-24/h16-17,19-24,26H,5-15H2,1-4H3. The van der Waals surface area contributed by atoms with E-state index in [0.29, 0.717) is 31.2 Å². The number of hydrogen-bond acceptors (Lipinski definition) is 4. The van der Waals surface area contributed by atoms with E-state index in [9.17, 15) is 9.59 Å². The van der Waals surface area contributed by atoms with E-state index in [1.165, 1.54) is 25.7 Å². The van der Waals surface area contributed by atoms with E-state index < -0.39 is 0 Å². The van der Waals surface area contributed by atoms with Gasteiger partial charge in [-0.3, -0.25) is 9.59 Å². The molecule has 6 heteroatoms. The molecular formula is C25H43N3O3. The monoisotopic (exact) mass is 433 g/mol. The van der Waals surface area contributed by atoms with E-state index in [1.807, 2.05) is 0 Å². The van der Waals surface area contributed by atoms with Crippen LogP contribution in [0.2, 0.25) is 0 Å². The van der Waals surface area contributed by atoms with Gasteiger partial charge in [-0.25, -0.2) is 0 Å². The summed E-state index contributed by atoms with van der Waals surface area (Å²) in [7, 11) is 0. The third-order valence-electron chi connectivity index (χ3n) is 8.58. The quantitative estimate of drug-likeness (QED) is 0.739. The molecule has 1 N–H and O–H groups in total. The number of fused-ring (bicyclic) bond motifs is 1. The molecule has 3 heterocycles. The molecule has 3 aliphatic heterocycles. The van der Waals surface area contributed by atoms with Crippen molar-refractivity contribution in [3.05, 3.63) is 0 Å². The van der Waals surface area contributed by atoms with Gasteiger partial charge in [-0.2, -0.15) is 0 Å². The smallest absolute Gasteiger partial charge is 0.252 e. The molecule has 4 aliphatic rings. The summed E-state index contributed by atoms with van der Waals surface area (Å²) in [5.74, 6) is 1.64. The lowest BCUT2D eigenvalue weighted by atomic mass is 9.72. The van der Waals surface area contributed by atoms with Gasteiger partial charge in [-0.05, 0) is 70.1 Å². The molecule has 1 saturated carbocycles. The molecule has 4 rings (SSSR count). The van der Waals surface area contributed by atoms with Crippen molar-refractivity contribution in [2.45, 2.75) is 122 Å². The Morgan fingerprint density at radius 1 is 1.06 bits per heavy atom. The van der Waals surface area contributed by atoms with Crippen LogP contribution < -0.4 is 5.32 Å². The van der Waals surface area contributed by atoms with Gasteiger partial charge in [0, 0.05) is 38.2 Å². The summed E-state index contributed by atoms with van der Waals surface area (Å²) < 4.78 is 5.77. The third kappa shape index (κ3) is 4.66. The predicted octanol–water partition coefficient (Wildman–Crippen LogP) is 3.34. The van der Waals surface area contributed by atoms with Crippen LogP contribution in [0.5, 0.6) is 0 Å². The minimum atomic E-state index is -0.278. The largest absolute Gasteiger partial charge is 0.368 e. The lowest BCUT2D eigenvalue weighted by Crippen LogP contribution is -2.68. The maximum atomic E-state index is 13.4. The second kappa shape index (κ2) is 9.78. The Hall–Kier alpha value is -1.14. The van der Waals surface area contributed by atoms with Gasteiger partial charge < -0.3 is 19.9 Å². The zero-order chi connectivity index (χ0) is 22.1. The highest BCUT2D eigenvalue weighted by atomic mass is 16.5. The molecule has 0 radical (unpaired) electrons. The highest BCUT2D eigenvalue weighted by molar-refractivity contribution is 5.82. The molecule has 0 aromatic carbocycles. The zero-order valence-corrected chi connectivity index (χ0v) is 20.0. The molecule has 8 unspecified atom stereocenters. The van der Waals surface area contributed by atoms with Crippen LogP contribution >= 0.6 is 0 Å². The van der Waals surface area contributed by atoms with Crippen LogP contribution in [-0.2, 0) is 14.3 Å². The van der Waals surface area contributed by atoms with E-state index in [0.717, 1.165) is 38.0 Å². The second-order valence-corrected chi connectivity index (χ2v) is 10.7. The molecule has 2 amide bonds. The first-order valence-electron chi connectivity index (χ1n) is 12.9. The lowest BCUT2D eigenvalue weighted by Gasteiger charge is -2.55. The summed E-state index contributed by atoms with van der Waals surface area (Å²) in [5.41, 5.74) is 0. The van der Waals surface area contributed by atoms with Crippen LogP contribution in [0.4, 0.5) is 0 Å². The number of ether oxygens (including phenoxy) is 1. The average molecular weight is 434 g/mol. The van der Waals surface area contributed by atoms with Gasteiger partial charge in [0.25, 0.3) is 5.91 Å². The van der Waals surface area contributed by atoms with Crippen molar-refractivity contribution in [1.82, 2.24) is 15.1 Å². The Bertz CT molecular complexity index is 650. The van der Waals surface area contributed by atoms with Crippen LogP contribution in [0.25, 0.3) is 0 Å². The van der Waals surface area contributed by atoms with Gasteiger partial charge in [-0.1, -0.05) is 20.3 Å². The lowest BCUT2D eigenvalue weighted by molar-refractivity contribution is -0.160. The van der Waals surface area contributed by atoms with Crippen molar-refractivity contribution in [2.24, 2.45) is 11.8 Å². The number of amides is 2. The van der Waals surface area contributed by atoms with Crippen LogP contribution in [0.15, 0.2) is 0 Å². The summed E-state index contributed by atoms with van der Waals surface area (Å²) >= 11 is 0. The fourth-order valence-electron chi connectivity index (χ4n) is 6.99. The number of nitrogens with zero attached hydrogens (tertiary/aromatic N) is 2. The molecule has 4 fully saturated rings. The Morgan fingerprint density at radius 2 is 1.87 bits per heavy atom. The summed E-state index contributed by atoms with van der Waals surface area (Å²) in [4.78, 5) is 30.1. The third-order valence-corrected chi connectivity index (χ3v) is 8.58. The van der Waals surface area contributed by atoms with Crippen LogP contribution in [0, 0.1) is 11.8 Å². The van der Waals surface area contributed by atoms with E-state index in [2.05, 4.69) is 35.9 Å². The molecule has 3 saturated heterocycles. The highest BCUT2D eigenvalue weighted by Crippen LogP contribution is 2.40. The van der Waals surface area contributed by atoms with E-state index in [-0.39, 0.29) is 36.0 Å². The summed E-state index contributed by atoms with van der Waals surface area (Å²) in [6.07, 6.45) is 9.67. The summed E-state index contributed by atoms with van der Waals surface area (Å²) in [5, 5.41) is 4.00. The molecule has 1 aliphatic carbocycles. The fourth-order valence-corrected chi connectivity index (χ4v) is 6.99. The zero-order valence-electron chi connectivity index (χ0n) is 20.0. The Morgan fingerprint density at radius 3 is 2.55 bits per heavy atom. The molecule has 176 valence electrons. The number of hydrogen-bond donors (Lipinski definition) is 1. The number of carbonyl (C=O) groups excluding carboxylic acids is 2. The number of nitrogens with one attached hydrogen (secondary N) is 1. The van der Waals surface area contributed by atoms with Gasteiger partial charge in [-0.15, -0.1) is 0 Å². The van der Waals surface area contributed by atoms with Gasteiger partial charge in [0.15, 0.2) is 0 Å². The Balaban J connectivity index is 1.52. The molecular weight excluding hydrogens is 390 g/mol. The summed E-state index contributed by atoms with van der Waals surface area (Å²) in [6.45, 7) is 9.78. The fraction of sp³-hybridized carbons (Fsp3) is 0.920. The molecule has 31 heavy (non-hydrogen) atoms. The first kappa shape index (κ1) is 23.0. The SMILES string of the molecule is CCCC1NC(C2CCC3C(C2)N(C(=O)C2CCCO2)CC(C)N3C(C)=O)CCC1C. The van der Waals surface area contributed by atoms with E-state index in [1.54, 1.807) is 6.92 Å². The Labute approximate surface area is 188 Å². The molecule has 0 spiro atoms. The molecule has 0 aromatic heterocycles. The van der Waals surface area contributed by atoms with Gasteiger partial charge in [0.1, 0.15) is 6.10 Å². The second-order valence-electron chi connectivity index (χ2n) is 10.7. The maximum absolute atomic E-state index is 13.4. The number of rotatable bonds is 4. The first-order chi connectivity index (χ1) is 14.9. The highest BCUT2D eigenvalue weighted by Gasteiger charge is 2.49. The first-order valence-corrected chi connectivity index (χ1v) is 12.9. The number of piperidine rings is 1. The summed E-state index contributed by atoms with van der Waals surface area (Å²) in [6, 6.07) is 1.51. The van der Waals surface area contributed by atoms with Crippen molar-refractivity contribution >= 4 is 11.8 Å². The van der Waals surface area contributed by atoms with Crippen LogP contribution in [0.3, 0.4) is 0 Å². The minimum absolute atomic E-state index is 0.0724. The van der Waals surface area contributed by atoms with Crippen molar-refractivity contribution in [3.8, 4) is 0 Å². The average Bonchev–Trinajstić information content (AvgIpc) is 3.28. The minimum Gasteiger partial charge on any atom is -0.368 e. The van der Waals surface area contributed by atoms with Crippen molar-refractivity contribution in [2.75, 3.05) is 13.2 Å². The molecule has 8 atom stereocenters. The molecule has 0 bridgehead atoms. The number of piperazine rings is 1. The normalized spacial score (nSPS) is 41.2. The van der Waals surface area contributed by atoms with Gasteiger partial charge in [0.05, 0.1) is 12.1 Å². The van der Waals surface area contributed by atoms with Crippen molar-refractivity contribution < 1.29 is 14.3 Å². The van der Waals surface area contributed by atoms with Crippen LogP contribution in [-0.4, -0.2) is 71.1 Å². The molecule has 6 nitrogen and oxygen atoms in total. The van der Waals surface area contributed by atoms with Crippen molar-refractivity contribution in [3.63, 3.8) is 0 Å². The Kier molecular flexibility index (Phi) is 7.27. The maximum Gasteiger partial charge on any atom is 0.252 e. The van der Waals surface area contributed by atoms with E-state index in [4.69, 9.17) is 4.74 Å². The predicted molar refractivity (Wildman–Crippen MR) is 122 cm³/mol. The van der Waals surface area contributed by atoms with Crippen molar-refractivity contribution in [1.29, 1.82) is 0 Å². The van der Waals surface area contributed by atoms with Crippen LogP contribution in [0.1, 0.15) is 85.5 Å². The number of carbonyl (C=O) groups is 2. The van der Waals surface area contributed by atoms with E-state index >= 15 is 0 Å². The topological polar surface area (TPSA) is 61.9 Å². The molecule has 0 aromatic rings. The van der Waals surface area contributed by atoms with Gasteiger partial charge in [0.2, 0.25) is 5.91 Å².